The van der Waals surface area contributed by atoms with Gasteiger partial charge in [0.25, 0.3) is 11.6 Å². The molecule has 0 unspecified atom stereocenters. The van der Waals surface area contributed by atoms with Crippen molar-refractivity contribution in [2.24, 2.45) is 5.10 Å². The largest absolute Gasteiger partial charge is 0.497 e. The van der Waals surface area contributed by atoms with E-state index in [2.05, 4.69) is 10.5 Å². The number of nitro benzene ring substituents is 1. The Balaban J connectivity index is 1.79. The average Bonchev–Trinajstić information content (AvgIpc) is 2.74. The van der Waals surface area contributed by atoms with Crippen LogP contribution >= 0.6 is 0 Å². The number of hydrogen-bond donors (Lipinski definition) is 1. The van der Waals surface area contributed by atoms with Crippen LogP contribution in [-0.2, 0) is 11.2 Å². The zero-order valence-electron chi connectivity index (χ0n) is 15.7. The highest BCUT2D eigenvalue weighted by Gasteiger charge is 2.22. The SMILES string of the molecule is COc1ccc2c(c1)CCCC2=C(C#N)C(=O)NN=Cc1ccc([N+](=O)[O-])cc1. The number of nitro groups is 1. The van der Waals surface area contributed by atoms with Crippen LogP contribution in [0.1, 0.15) is 29.5 Å². The lowest BCUT2D eigenvalue weighted by Crippen LogP contribution is -2.21. The number of rotatable bonds is 5. The summed E-state index contributed by atoms with van der Waals surface area (Å²) in [6.45, 7) is 0. The number of hydrogen-bond acceptors (Lipinski definition) is 6. The molecule has 146 valence electrons. The molecule has 0 saturated heterocycles. The Morgan fingerprint density at radius 1 is 1.28 bits per heavy atom. The molecule has 2 aromatic rings. The van der Waals surface area contributed by atoms with Crippen molar-refractivity contribution in [1.82, 2.24) is 5.43 Å². The van der Waals surface area contributed by atoms with Crippen molar-refractivity contribution in [3.63, 3.8) is 0 Å². The molecule has 1 amide bonds. The summed E-state index contributed by atoms with van der Waals surface area (Å²) in [6, 6.07) is 13.3. The summed E-state index contributed by atoms with van der Waals surface area (Å²) in [5.41, 5.74) is 5.55. The lowest BCUT2D eigenvalue weighted by molar-refractivity contribution is -0.384. The van der Waals surface area contributed by atoms with Crippen molar-refractivity contribution in [1.29, 1.82) is 5.26 Å². The monoisotopic (exact) mass is 390 g/mol. The minimum atomic E-state index is -0.593. The molecule has 0 atom stereocenters. The molecule has 0 saturated carbocycles. The van der Waals surface area contributed by atoms with E-state index < -0.39 is 10.8 Å². The molecule has 2 aromatic carbocycles. The van der Waals surface area contributed by atoms with E-state index in [-0.39, 0.29) is 11.3 Å². The van der Waals surface area contributed by atoms with Crippen molar-refractivity contribution in [3.05, 3.63) is 74.8 Å². The fourth-order valence-electron chi connectivity index (χ4n) is 3.21. The van der Waals surface area contributed by atoms with Gasteiger partial charge in [0.15, 0.2) is 0 Å². The summed E-state index contributed by atoms with van der Waals surface area (Å²) in [5.74, 6) is 0.144. The first-order valence-electron chi connectivity index (χ1n) is 8.92. The summed E-state index contributed by atoms with van der Waals surface area (Å²) < 4.78 is 5.25. The molecule has 1 aliphatic carbocycles. The number of non-ortho nitro benzene ring substituents is 1. The molecule has 0 radical (unpaired) electrons. The maximum Gasteiger partial charge on any atom is 0.282 e. The molecule has 1 N–H and O–H groups in total. The van der Waals surface area contributed by atoms with Crippen LogP contribution in [0.4, 0.5) is 5.69 Å². The van der Waals surface area contributed by atoms with E-state index in [4.69, 9.17) is 4.74 Å². The maximum atomic E-state index is 12.5. The molecule has 0 bridgehead atoms. The van der Waals surface area contributed by atoms with Gasteiger partial charge in [-0.25, -0.2) is 5.43 Å². The van der Waals surface area contributed by atoms with Gasteiger partial charge in [-0.15, -0.1) is 0 Å². The third-order valence-electron chi connectivity index (χ3n) is 4.63. The average molecular weight is 390 g/mol. The first-order valence-corrected chi connectivity index (χ1v) is 8.92. The highest BCUT2D eigenvalue weighted by molar-refractivity contribution is 6.05. The highest BCUT2D eigenvalue weighted by Crippen LogP contribution is 2.35. The van der Waals surface area contributed by atoms with E-state index in [0.717, 1.165) is 29.7 Å². The number of methoxy groups -OCH3 is 1. The zero-order chi connectivity index (χ0) is 20.8. The summed E-state index contributed by atoms with van der Waals surface area (Å²) in [6.07, 6.45) is 3.68. The first-order chi connectivity index (χ1) is 14.0. The van der Waals surface area contributed by atoms with Gasteiger partial charge in [-0.2, -0.15) is 10.4 Å². The minimum Gasteiger partial charge on any atom is -0.497 e. The number of benzene rings is 2. The maximum absolute atomic E-state index is 12.5. The molecule has 0 spiro atoms. The Hall–Kier alpha value is -3.99. The Morgan fingerprint density at radius 2 is 2.03 bits per heavy atom. The third-order valence-corrected chi connectivity index (χ3v) is 4.63. The number of carbonyl (C=O) groups is 1. The standard InChI is InChI=1S/C21H18N4O4/c1-29-17-9-10-18-15(11-17)3-2-4-19(18)20(12-22)21(26)24-23-13-14-5-7-16(8-6-14)25(27)28/h5-11,13H,2-4H2,1H3,(H,24,26). The second kappa shape index (κ2) is 8.80. The predicted molar refractivity (Wildman–Crippen MR) is 107 cm³/mol. The van der Waals surface area contributed by atoms with Crippen molar-refractivity contribution in [2.75, 3.05) is 7.11 Å². The number of fused-ring (bicyclic) bond motifs is 1. The van der Waals surface area contributed by atoms with Crippen LogP contribution in [0.25, 0.3) is 5.57 Å². The van der Waals surface area contributed by atoms with Gasteiger partial charge in [-0.1, -0.05) is 6.07 Å². The lowest BCUT2D eigenvalue weighted by Gasteiger charge is -2.20. The van der Waals surface area contributed by atoms with E-state index in [9.17, 15) is 20.2 Å². The van der Waals surface area contributed by atoms with Gasteiger partial charge < -0.3 is 4.74 Å². The van der Waals surface area contributed by atoms with Crippen molar-refractivity contribution in [2.45, 2.75) is 19.3 Å². The van der Waals surface area contributed by atoms with Crippen LogP contribution in [0.5, 0.6) is 5.75 Å². The van der Waals surface area contributed by atoms with Crippen LogP contribution in [0, 0.1) is 21.4 Å². The van der Waals surface area contributed by atoms with E-state index >= 15 is 0 Å². The van der Waals surface area contributed by atoms with Crippen LogP contribution in [-0.4, -0.2) is 24.2 Å². The van der Waals surface area contributed by atoms with Gasteiger partial charge in [0, 0.05) is 12.1 Å². The normalized spacial score (nSPS) is 14.6. The smallest absolute Gasteiger partial charge is 0.282 e. The van der Waals surface area contributed by atoms with E-state index in [1.165, 1.54) is 30.5 Å². The number of nitrogens with one attached hydrogen (secondary N) is 1. The van der Waals surface area contributed by atoms with E-state index in [1.807, 2.05) is 24.3 Å². The van der Waals surface area contributed by atoms with Crippen LogP contribution in [0.15, 0.2) is 53.1 Å². The molecule has 0 aliphatic heterocycles. The van der Waals surface area contributed by atoms with Gasteiger partial charge in [0.05, 0.1) is 18.2 Å². The Labute approximate surface area is 167 Å². The van der Waals surface area contributed by atoms with Crippen molar-refractivity contribution < 1.29 is 14.5 Å². The number of allylic oxidation sites excluding steroid dienone is 1. The number of aryl methyl sites for hydroxylation is 1. The molecular weight excluding hydrogens is 372 g/mol. The Bertz CT molecular complexity index is 1050. The summed E-state index contributed by atoms with van der Waals surface area (Å²) >= 11 is 0. The van der Waals surface area contributed by atoms with Crippen molar-refractivity contribution in [3.8, 4) is 11.8 Å². The molecule has 0 aromatic heterocycles. The second-order valence-electron chi connectivity index (χ2n) is 6.39. The van der Waals surface area contributed by atoms with Crippen LogP contribution < -0.4 is 10.2 Å². The molecule has 3 rings (SSSR count). The molecule has 8 nitrogen and oxygen atoms in total. The topological polar surface area (TPSA) is 118 Å². The van der Waals surface area contributed by atoms with Gasteiger partial charge in [0.2, 0.25) is 0 Å². The summed E-state index contributed by atoms with van der Waals surface area (Å²) in [5, 5.41) is 24.1. The number of amides is 1. The molecule has 8 heteroatoms. The summed E-state index contributed by atoms with van der Waals surface area (Å²) in [7, 11) is 1.60. The van der Waals surface area contributed by atoms with Gasteiger partial charge in [-0.05, 0) is 65.8 Å². The highest BCUT2D eigenvalue weighted by atomic mass is 16.6. The predicted octanol–water partition coefficient (Wildman–Crippen LogP) is 3.37. The Kier molecular flexibility index (Phi) is 6.00. The number of nitriles is 1. The molecule has 1 aliphatic rings. The van der Waals surface area contributed by atoms with Gasteiger partial charge >= 0.3 is 0 Å². The fraction of sp³-hybridized carbons (Fsp3) is 0.190. The third kappa shape index (κ3) is 4.47. The number of carbonyl (C=O) groups excluding carboxylic acids is 1. The quantitative estimate of drug-likeness (QED) is 0.276. The number of hydrazone groups is 1. The minimum absolute atomic E-state index is 0.0250. The fourth-order valence-corrected chi connectivity index (χ4v) is 3.21. The molecule has 29 heavy (non-hydrogen) atoms. The van der Waals surface area contributed by atoms with Gasteiger partial charge in [-0.3, -0.25) is 14.9 Å². The van der Waals surface area contributed by atoms with Gasteiger partial charge in [0.1, 0.15) is 17.4 Å². The Morgan fingerprint density at radius 3 is 2.69 bits per heavy atom. The summed E-state index contributed by atoms with van der Waals surface area (Å²) in [4.78, 5) is 22.7. The number of nitrogens with zero attached hydrogens (tertiary/aromatic N) is 3. The van der Waals surface area contributed by atoms with Crippen LogP contribution in [0.2, 0.25) is 0 Å². The zero-order valence-corrected chi connectivity index (χ0v) is 15.7. The first kappa shape index (κ1) is 19.8. The molecular formula is C21H18N4O4. The van der Waals surface area contributed by atoms with E-state index in [0.29, 0.717) is 17.6 Å². The lowest BCUT2D eigenvalue weighted by atomic mass is 9.84. The van der Waals surface area contributed by atoms with E-state index in [1.54, 1.807) is 7.11 Å². The molecule has 0 heterocycles. The second-order valence-corrected chi connectivity index (χ2v) is 6.39. The number of ether oxygens (including phenoxy) is 1. The van der Waals surface area contributed by atoms with Crippen LogP contribution in [0.3, 0.4) is 0 Å². The molecule has 0 fully saturated rings. The van der Waals surface area contributed by atoms with Crippen molar-refractivity contribution >= 4 is 23.4 Å².